The molecule has 0 atom stereocenters. The van der Waals surface area contributed by atoms with Gasteiger partial charge in [0.15, 0.2) is 11.6 Å². The molecule has 0 radical (unpaired) electrons. The monoisotopic (exact) mass is 428 g/mol. The first-order valence-corrected chi connectivity index (χ1v) is 10.8. The van der Waals surface area contributed by atoms with E-state index >= 15 is 4.39 Å². The van der Waals surface area contributed by atoms with E-state index in [1.165, 1.54) is 30.9 Å². The third kappa shape index (κ3) is 4.86. The molecule has 4 aromatic rings. The topological polar surface area (TPSA) is 0 Å². The SMILES string of the molecule is CCCCCc1ccc(C#Cc2ccc3c(F)c(-c4ccc(F)c(F)c4)ccc3c2)cc1. The van der Waals surface area contributed by atoms with Crippen LogP contribution in [0.25, 0.3) is 21.9 Å². The molecule has 0 fully saturated rings. The lowest BCUT2D eigenvalue weighted by molar-refractivity contribution is 0.509. The van der Waals surface area contributed by atoms with Gasteiger partial charge in [-0.3, -0.25) is 0 Å². The Bertz CT molecular complexity index is 1310. The Morgan fingerprint density at radius 2 is 1.44 bits per heavy atom. The third-order valence-corrected chi connectivity index (χ3v) is 5.56. The second-order valence-corrected chi connectivity index (χ2v) is 7.90. The van der Waals surface area contributed by atoms with Gasteiger partial charge < -0.3 is 0 Å². The minimum Gasteiger partial charge on any atom is -0.206 e. The summed E-state index contributed by atoms with van der Waals surface area (Å²) in [5.74, 6) is 3.88. The fourth-order valence-corrected chi connectivity index (χ4v) is 3.73. The van der Waals surface area contributed by atoms with Crippen LogP contribution in [-0.4, -0.2) is 0 Å². The zero-order valence-electron chi connectivity index (χ0n) is 17.9. The van der Waals surface area contributed by atoms with Crippen molar-refractivity contribution in [1.29, 1.82) is 0 Å². The van der Waals surface area contributed by atoms with Crippen molar-refractivity contribution in [2.45, 2.75) is 32.6 Å². The van der Waals surface area contributed by atoms with Crippen LogP contribution in [-0.2, 0) is 6.42 Å². The van der Waals surface area contributed by atoms with E-state index in [1.54, 1.807) is 24.3 Å². The van der Waals surface area contributed by atoms with E-state index in [-0.39, 0.29) is 5.56 Å². The maximum absolute atomic E-state index is 15.1. The average Bonchev–Trinajstić information content (AvgIpc) is 2.81. The van der Waals surface area contributed by atoms with E-state index < -0.39 is 17.5 Å². The highest BCUT2D eigenvalue weighted by Crippen LogP contribution is 2.30. The van der Waals surface area contributed by atoms with Gasteiger partial charge in [0, 0.05) is 22.1 Å². The minimum atomic E-state index is -0.999. The van der Waals surface area contributed by atoms with Crippen LogP contribution in [0.2, 0.25) is 0 Å². The molecule has 0 unspecified atom stereocenters. The van der Waals surface area contributed by atoms with Gasteiger partial charge in [0.1, 0.15) is 5.82 Å². The predicted molar refractivity (Wildman–Crippen MR) is 125 cm³/mol. The van der Waals surface area contributed by atoms with Gasteiger partial charge in [0.25, 0.3) is 0 Å². The second-order valence-electron chi connectivity index (χ2n) is 7.90. The normalized spacial score (nSPS) is 10.8. The second kappa shape index (κ2) is 9.75. The molecule has 0 bridgehead atoms. The van der Waals surface area contributed by atoms with Crippen molar-refractivity contribution in [3.63, 3.8) is 0 Å². The van der Waals surface area contributed by atoms with Crippen LogP contribution >= 0.6 is 0 Å². The van der Waals surface area contributed by atoms with Gasteiger partial charge in [-0.15, -0.1) is 0 Å². The molecule has 4 aromatic carbocycles. The molecule has 0 saturated heterocycles. The molecule has 0 aliphatic rings. The quantitative estimate of drug-likeness (QED) is 0.223. The standard InChI is InChI=1S/C29H23F3/c1-2-3-4-5-20-6-8-21(9-7-20)10-11-22-12-15-25-23(18-22)13-16-26(29(25)32)24-14-17-27(30)28(31)19-24/h6-9,12-19H,2-5H2,1H3. The van der Waals surface area contributed by atoms with E-state index in [9.17, 15) is 8.78 Å². The molecule has 160 valence electrons. The highest BCUT2D eigenvalue weighted by molar-refractivity contribution is 5.89. The molecule has 0 aliphatic heterocycles. The van der Waals surface area contributed by atoms with Gasteiger partial charge >= 0.3 is 0 Å². The number of hydrogen-bond acceptors (Lipinski definition) is 0. The predicted octanol–water partition coefficient (Wildman–Crippen LogP) is 8.06. The highest BCUT2D eigenvalue weighted by atomic mass is 19.2. The molecule has 32 heavy (non-hydrogen) atoms. The van der Waals surface area contributed by atoms with E-state index in [1.807, 2.05) is 18.2 Å². The van der Waals surface area contributed by atoms with Crippen molar-refractivity contribution in [2.24, 2.45) is 0 Å². The molecule has 0 heterocycles. The third-order valence-electron chi connectivity index (χ3n) is 5.56. The van der Waals surface area contributed by atoms with Gasteiger partial charge in [-0.2, -0.15) is 0 Å². The summed E-state index contributed by atoms with van der Waals surface area (Å²) in [6, 6.07) is 20.3. The Hall–Kier alpha value is -3.51. The summed E-state index contributed by atoms with van der Waals surface area (Å²) in [5.41, 5.74) is 3.57. The molecular weight excluding hydrogens is 405 g/mol. The minimum absolute atomic E-state index is 0.231. The Morgan fingerprint density at radius 3 is 2.19 bits per heavy atom. The van der Waals surface area contributed by atoms with Crippen molar-refractivity contribution in [3.05, 3.63) is 107 Å². The van der Waals surface area contributed by atoms with Crippen molar-refractivity contribution in [1.82, 2.24) is 0 Å². The van der Waals surface area contributed by atoms with E-state index in [0.717, 1.165) is 29.7 Å². The lowest BCUT2D eigenvalue weighted by atomic mass is 9.99. The molecule has 0 N–H and O–H groups in total. The first-order valence-electron chi connectivity index (χ1n) is 10.8. The maximum atomic E-state index is 15.1. The molecule has 3 heteroatoms. The summed E-state index contributed by atoms with van der Waals surface area (Å²) in [4.78, 5) is 0. The molecule has 0 saturated carbocycles. The van der Waals surface area contributed by atoms with Gasteiger partial charge in [-0.25, -0.2) is 13.2 Å². The van der Waals surface area contributed by atoms with Crippen molar-refractivity contribution < 1.29 is 13.2 Å². The molecule has 4 rings (SSSR count). The molecule has 0 aromatic heterocycles. The molecule has 0 amide bonds. The summed E-state index contributed by atoms with van der Waals surface area (Å²) in [7, 11) is 0. The van der Waals surface area contributed by atoms with E-state index in [4.69, 9.17) is 0 Å². The number of halogens is 3. The van der Waals surface area contributed by atoms with E-state index in [2.05, 4.69) is 30.9 Å². The van der Waals surface area contributed by atoms with Crippen LogP contribution < -0.4 is 0 Å². The zero-order chi connectivity index (χ0) is 22.5. The number of benzene rings is 4. The van der Waals surface area contributed by atoms with Crippen molar-refractivity contribution in [3.8, 4) is 23.0 Å². The summed E-state index contributed by atoms with van der Waals surface area (Å²) < 4.78 is 41.8. The van der Waals surface area contributed by atoms with Gasteiger partial charge in [0.2, 0.25) is 0 Å². The number of hydrogen-bond donors (Lipinski definition) is 0. The van der Waals surface area contributed by atoms with Crippen LogP contribution in [0.15, 0.2) is 72.8 Å². The van der Waals surface area contributed by atoms with Gasteiger partial charge in [0.05, 0.1) is 0 Å². The number of rotatable bonds is 5. The fourth-order valence-electron chi connectivity index (χ4n) is 3.73. The molecular formula is C29H23F3. The number of aryl methyl sites for hydroxylation is 1. The summed E-state index contributed by atoms with van der Waals surface area (Å²) in [5, 5.41) is 1.11. The van der Waals surface area contributed by atoms with Crippen LogP contribution in [0.3, 0.4) is 0 Å². The zero-order valence-corrected chi connectivity index (χ0v) is 17.9. The Labute approximate surface area is 186 Å². The fraction of sp³-hybridized carbons (Fsp3) is 0.172. The Kier molecular flexibility index (Phi) is 6.61. The average molecular weight is 428 g/mol. The first-order chi connectivity index (χ1) is 15.5. The van der Waals surface area contributed by atoms with Crippen molar-refractivity contribution >= 4 is 10.8 Å². The molecule has 0 nitrogen and oxygen atoms in total. The van der Waals surface area contributed by atoms with E-state index in [0.29, 0.717) is 16.3 Å². The van der Waals surface area contributed by atoms with Gasteiger partial charge in [-0.1, -0.05) is 68.0 Å². The molecule has 0 spiro atoms. The number of fused-ring (bicyclic) bond motifs is 1. The van der Waals surface area contributed by atoms with Crippen LogP contribution in [0.4, 0.5) is 13.2 Å². The summed E-state index contributed by atoms with van der Waals surface area (Å²) in [6.45, 7) is 2.20. The van der Waals surface area contributed by atoms with Crippen LogP contribution in [0, 0.1) is 29.3 Å². The van der Waals surface area contributed by atoms with Crippen LogP contribution in [0.1, 0.15) is 42.9 Å². The maximum Gasteiger partial charge on any atom is 0.159 e. The Morgan fingerprint density at radius 1 is 0.688 bits per heavy atom. The Balaban J connectivity index is 1.56. The molecule has 0 aliphatic carbocycles. The lowest BCUT2D eigenvalue weighted by Gasteiger charge is -2.08. The van der Waals surface area contributed by atoms with Crippen molar-refractivity contribution in [2.75, 3.05) is 0 Å². The summed E-state index contributed by atoms with van der Waals surface area (Å²) in [6.07, 6.45) is 4.75. The van der Waals surface area contributed by atoms with Crippen LogP contribution in [0.5, 0.6) is 0 Å². The largest absolute Gasteiger partial charge is 0.206 e. The summed E-state index contributed by atoms with van der Waals surface area (Å²) >= 11 is 0. The smallest absolute Gasteiger partial charge is 0.159 e. The van der Waals surface area contributed by atoms with Gasteiger partial charge in [-0.05, 0) is 65.8 Å². The first kappa shape index (κ1) is 21.7. The highest BCUT2D eigenvalue weighted by Gasteiger charge is 2.12. The number of unbranched alkanes of at least 4 members (excludes halogenated alkanes) is 2. The lowest BCUT2D eigenvalue weighted by Crippen LogP contribution is -1.90.